The number of aromatic nitrogens is 1. The second-order valence-electron chi connectivity index (χ2n) is 4.33. The van der Waals surface area contributed by atoms with E-state index in [1.54, 1.807) is 0 Å². The van der Waals surface area contributed by atoms with E-state index in [1.807, 2.05) is 0 Å². The third-order valence-electron chi connectivity index (χ3n) is 3.06. The third-order valence-corrected chi connectivity index (χ3v) is 3.06. The summed E-state index contributed by atoms with van der Waals surface area (Å²) in [6.45, 7) is 3.64. The van der Waals surface area contributed by atoms with Gasteiger partial charge in [0, 0.05) is 32.1 Å². The summed E-state index contributed by atoms with van der Waals surface area (Å²) in [5.41, 5.74) is 0.448. The normalized spacial score (nSPS) is 20.8. The van der Waals surface area contributed by atoms with Crippen molar-refractivity contribution in [3.63, 3.8) is 0 Å². The van der Waals surface area contributed by atoms with Crippen molar-refractivity contribution < 1.29 is 4.42 Å². The quantitative estimate of drug-likeness (QED) is 0.796. The van der Waals surface area contributed by atoms with Gasteiger partial charge in [-0.25, -0.2) is 4.98 Å². The van der Waals surface area contributed by atoms with E-state index < -0.39 is 0 Å². The van der Waals surface area contributed by atoms with E-state index in [2.05, 4.69) is 21.3 Å². The Morgan fingerprint density at radius 2 is 2.12 bits per heavy atom. The zero-order valence-corrected chi connectivity index (χ0v) is 9.07. The van der Waals surface area contributed by atoms with Gasteiger partial charge in [0.2, 0.25) is 17.5 Å². The highest BCUT2D eigenvalue weighted by molar-refractivity contribution is 5.48. The number of oxazole rings is 1. The molecule has 0 amide bonds. The van der Waals surface area contributed by atoms with Gasteiger partial charge in [-0.1, -0.05) is 0 Å². The maximum Gasteiger partial charge on any atom is 0.234 e. The predicted octanol–water partition coefficient (Wildman–Crippen LogP) is 0.833. The summed E-state index contributed by atoms with van der Waals surface area (Å²) in [4.78, 5) is 6.38. The second kappa shape index (κ2) is 3.80. The molecule has 0 aromatic carbocycles. The van der Waals surface area contributed by atoms with E-state index >= 15 is 0 Å². The minimum atomic E-state index is 0.448. The molecule has 5 nitrogen and oxygen atoms in total. The van der Waals surface area contributed by atoms with E-state index in [-0.39, 0.29) is 0 Å². The molecule has 1 aliphatic heterocycles. The summed E-state index contributed by atoms with van der Waals surface area (Å²) in [7, 11) is 0. The van der Waals surface area contributed by atoms with Gasteiger partial charge >= 0.3 is 0 Å². The zero-order chi connectivity index (χ0) is 11.0. The fourth-order valence-electron chi connectivity index (χ4n) is 1.99. The first-order valence-electron chi connectivity index (χ1n) is 5.75. The Labute approximate surface area is 94.1 Å². The van der Waals surface area contributed by atoms with Crippen LogP contribution in [0.3, 0.4) is 0 Å². The highest BCUT2D eigenvalue weighted by Gasteiger charge is 2.31. The Bertz CT molecular complexity index is 424. The van der Waals surface area contributed by atoms with E-state index in [0.717, 1.165) is 44.9 Å². The lowest BCUT2D eigenvalue weighted by Crippen LogP contribution is -2.43. The van der Waals surface area contributed by atoms with Gasteiger partial charge in [-0.3, -0.25) is 0 Å². The SMILES string of the molecule is N#Cc1nc(C2CC2)oc1N1CCNCC1. The molecule has 1 saturated carbocycles. The monoisotopic (exact) mass is 218 g/mol. The molecule has 0 bridgehead atoms. The summed E-state index contributed by atoms with van der Waals surface area (Å²) < 4.78 is 5.73. The number of nitriles is 1. The van der Waals surface area contributed by atoms with Crippen molar-refractivity contribution >= 4 is 5.88 Å². The molecule has 1 aliphatic carbocycles. The van der Waals surface area contributed by atoms with Crippen LogP contribution in [0.15, 0.2) is 4.42 Å². The van der Waals surface area contributed by atoms with Crippen LogP contribution in [0.4, 0.5) is 5.88 Å². The van der Waals surface area contributed by atoms with Gasteiger partial charge in [0.1, 0.15) is 6.07 Å². The predicted molar refractivity (Wildman–Crippen MR) is 58.3 cm³/mol. The molecule has 1 aromatic rings. The maximum absolute atomic E-state index is 9.05. The topological polar surface area (TPSA) is 65.1 Å². The van der Waals surface area contributed by atoms with Gasteiger partial charge in [-0.15, -0.1) is 0 Å². The molecule has 2 aliphatic rings. The van der Waals surface area contributed by atoms with Gasteiger partial charge in [0.15, 0.2) is 0 Å². The van der Waals surface area contributed by atoms with E-state index in [0.29, 0.717) is 17.5 Å². The molecule has 1 aromatic heterocycles. The molecule has 2 heterocycles. The first-order valence-corrected chi connectivity index (χ1v) is 5.75. The average molecular weight is 218 g/mol. The minimum Gasteiger partial charge on any atom is -0.423 e. The Balaban J connectivity index is 1.88. The number of piperazine rings is 1. The number of rotatable bonds is 2. The van der Waals surface area contributed by atoms with Crippen LogP contribution in [0.1, 0.15) is 30.3 Å². The minimum absolute atomic E-state index is 0.448. The molecule has 1 saturated heterocycles. The highest BCUT2D eigenvalue weighted by Crippen LogP contribution is 2.41. The summed E-state index contributed by atoms with van der Waals surface area (Å²) in [5.74, 6) is 1.89. The highest BCUT2D eigenvalue weighted by atomic mass is 16.4. The molecule has 16 heavy (non-hydrogen) atoms. The first kappa shape index (κ1) is 9.67. The number of hydrogen-bond donors (Lipinski definition) is 1. The van der Waals surface area contributed by atoms with Crippen LogP contribution in [-0.4, -0.2) is 31.2 Å². The second-order valence-corrected chi connectivity index (χ2v) is 4.33. The molecule has 5 heteroatoms. The molecule has 0 atom stereocenters. The lowest BCUT2D eigenvalue weighted by Gasteiger charge is -2.26. The molecular weight excluding hydrogens is 204 g/mol. The van der Waals surface area contributed by atoms with Crippen molar-refractivity contribution in [2.45, 2.75) is 18.8 Å². The van der Waals surface area contributed by atoms with Crippen molar-refractivity contribution in [1.29, 1.82) is 5.26 Å². The van der Waals surface area contributed by atoms with Gasteiger partial charge in [-0.05, 0) is 12.8 Å². The van der Waals surface area contributed by atoms with Crippen LogP contribution in [0.25, 0.3) is 0 Å². The molecule has 0 radical (unpaired) electrons. The van der Waals surface area contributed by atoms with Gasteiger partial charge in [-0.2, -0.15) is 5.26 Å². The van der Waals surface area contributed by atoms with Crippen LogP contribution in [0.2, 0.25) is 0 Å². The third kappa shape index (κ3) is 1.65. The Kier molecular flexibility index (Phi) is 2.29. The fourth-order valence-corrected chi connectivity index (χ4v) is 1.99. The maximum atomic E-state index is 9.05. The molecule has 2 fully saturated rings. The summed E-state index contributed by atoms with van der Waals surface area (Å²) >= 11 is 0. The Morgan fingerprint density at radius 3 is 2.75 bits per heavy atom. The van der Waals surface area contributed by atoms with Gasteiger partial charge in [0.05, 0.1) is 0 Å². The van der Waals surface area contributed by atoms with E-state index in [4.69, 9.17) is 9.68 Å². The van der Waals surface area contributed by atoms with Crippen LogP contribution in [0, 0.1) is 11.3 Å². The first-order chi connectivity index (χ1) is 7.88. The molecule has 0 unspecified atom stereocenters. The lowest BCUT2D eigenvalue weighted by atomic mass is 10.3. The fraction of sp³-hybridized carbons (Fsp3) is 0.636. The number of anilines is 1. The van der Waals surface area contributed by atoms with E-state index in [1.165, 1.54) is 0 Å². The van der Waals surface area contributed by atoms with Crippen LogP contribution in [0.5, 0.6) is 0 Å². The Hall–Kier alpha value is -1.54. The number of hydrogen-bond acceptors (Lipinski definition) is 5. The summed E-state index contributed by atoms with van der Waals surface area (Å²) in [5, 5.41) is 12.3. The molecular formula is C11H14N4O. The number of nitrogens with zero attached hydrogens (tertiary/aromatic N) is 3. The molecule has 1 N–H and O–H groups in total. The van der Waals surface area contributed by atoms with Crippen molar-refractivity contribution in [1.82, 2.24) is 10.3 Å². The largest absolute Gasteiger partial charge is 0.423 e. The van der Waals surface area contributed by atoms with Gasteiger partial charge in [0.25, 0.3) is 0 Å². The van der Waals surface area contributed by atoms with Crippen LogP contribution >= 0.6 is 0 Å². The van der Waals surface area contributed by atoms with Crippen molar-refractivity contribution in [3.05, 3.63) is 11.6 Å². The lowest BCUT2D eigenvalue weighted by molar-refractivity contribution is 0.469. The molecule has 84 valence electrons. The van der Waals surface area contributed by atoms with Crippen LogP contribution < -0.4 is 10.2 Å². The van der Waals surface area contributed by atoms with Crippen LogP contribution in [-0.2, 0) is 0 Å². The molecule has 3 rings (SSSR count). The zero-order valence-electron chi connectivity index (χ0n) is 9.07. The van der Waals surface area contributed by atoms with E-state index in [9.17, 15) is 0 Å². The average Bonchev–Trinajstić information content (AvgIpc) is 3.10. The summed E-state index contributed by atoms with van der Waals surface area (Å²) in [6.07, 6.45) is 2.29. The van der Waals surface area contributed by atoms with Crippen molar-refractivity contribution in [2.24, 2.45) is 0 Å². The van der Waals surface area contributed by atoms with Gasteiger partial charge < -0.3 is 14.6 Å². The van der Waals surface area contributed by atoms with Crippen molar-refractivity contribution in [2.75, 3.05) is 31.1 Å². The van der Waals surface area contributed by atoms with Crippen molar-refractivity contribution in [3.8, 4) is 6.07 Å². The summed E-state index contributed by atoms with van der Waals surface area (Å²) in [6, 6.07) is 2.13. The standard InChI is InChI=1S/C11H14N4O/c12-7-9-11(15-5-3-13-4-6-15)16-10(14-9)8-1-2-8/h8,13H,1-6H2. The Morgan fingerprint density at radius 1 is 1.38 bits per heavy atom. The smallest absolute Gasteiger partial charge is 0.234 e. The molecule has 0 spiro atoms. The number of nitrogens with one attached hydrogen (secondary N) is 1.